The highest BCUT2D eigenvalue weighted by molar-refractivity contribution is 5.98. The van der Waals surface area contributed by atoms with E-state index in [1.165, 1.54) is 43.8 Å². The third-order valence-corrected chi connectivity index (χ3v) is 20.5. The van der Waals surface area contributed by atoms with Crippen LogP contribution in [0.1, 0.15) is 25.0 Å². The number of rotatable bonds is 18. The Bertz CT molecular complexity index is 5210. The van der Waals surface area contributed by atoms with E-state index < -0.39 is 5.41 Å². The molecule has 0 saturated carbocycles. The van der Waals surface area contributed by atoms with Crippen LogP contribution in [0, 0.1) is 0 Å². The highest BCUT2D eigenvalue weighted by Crippen LogP contribution is 2.53. The van der Waals surface area contributed by atoms with Gasteiger partial charge in [0.1, 0.15) is 23.0 Å². The van der Waals surface area contributed by atoms with E-state index in [1.54, 1.807) is 28.4 Å². The Morgan fingerprint density at radius 1 is 0.194 bits per heavy atom. The van der Waals surface area contributed by atoms with Crippen LogP contribution in [0.15, 0.2) is 340 Å². The maximum absolute atomic E-state index is 5.77. The van der Waals surface area contributed by atoms with E-state index in [1.807, 2.05) is 48.5 Å². The predicted octanol–water partition coefficient (Wildman–Crippen LogP) is 25.9. The average molecular weight is 1340 g/mol. The number of fused-ring (bicyclic) bond motifs is 7. The third kappa shape index (κ3) is 12.0. The molecule has 16 aromatic carbocycles. The molecule has 16 aromatic rings. The van der Waals surface area contributed by atoms with Crippen molar-refractivity contribution in [3.05, 3.63) is 351 Å². The Balaban J connectivity index is 0.841. The van der Waals surface area contributed by atoms with Crippen LogP contribution in [0.4, 0.5) is 68.2 Å². The molecule has 8 nitrogen and oxygen atoms in total. The third-order valence-electron chi connectivity index (χ3n) is 20.5. The molecule has 1 aliphatic rings. The van der Waals surface area contributed by atoms with E-state index >= 15 is 0 Å². The van der Waals surface area contributed by atoms with Crippen molar-refractivity contribution in [3.63, 3.8) is 0 Å². The second-order valence-corrected chi connectivity index (χ2v) is 26.9. The normalized spacial score (nSPS) is 12.1. The summed E-state index contributed by atoms with van der Waals surface area (Å²) in [7, 11) is 6.87. The van der Waals surface area contributed by atoms with Gasteiger partial charge in [0.05, 0.1) is 28.4 Å². The number of hydrogen-bond donors (Lipinski definition) is 0. The number of methoxy groups -OCH3 is 4. The molecule has 0 unspecified atom stereocenters. The van der Waals surface area contributed by atoms with Gasteiger partial charge in [-0.25, -0.2) is 0 Å². The van der Waals surface area contributed by atoms with Crippen LogP contribution in [-0.2, 0) is 5.41 Å². The minimum atomic E-state index is -0.432. The van der Waals surface area contributed by atoms with Crippen molar-refractivity contribution in [2.24, 2.45) is 0 Å². The smallest absolute Gasteiger partial charge is 0.119 e. The van der Waals surface area contributed by atoms with Gasteiger partial charge in [-0.3, -0.25) is 0 Å². The van der Waals surface area contributed by atoms with Gasteiger partial charge in [0.15, 0.2) is 0 Å². The lowest BCUT2D eigenvalue weighted by atomic mass is 9.80. The van der Waals surface area contributed by atoms with E-state index in [-0.39, 0.29) is 0 Å². The molecule has 0 aliphatic heterocycles. The minimum absolute atomic E-state index is 0.432. The van der Waals surface area contributed by atoms with Gasteiger partial charge < -0.3 is 38.5 Å². The van der Waals surface area contributed by atoms with E-state index in [9.17, 15) is 0 Å². The molecule has 103 heavy (non-hydrogen) atoms. The van der Waals surface area contributed by atoms with Gasteiger partial charge in [0.2, 0.25) is 0 Å². The van der Waals surface area contributed by atoms with Gasteiger partial charge in [-0.15, -0.1) is 0 Å². The quantitative estimate of drug-likeness (QED) is 0.0842. The number of benzene rings is 16. The molecule has 0 atom stereocenters. The molecule has 17 rings (SSSR count). The Hall–Kier alpha value is -13.0. The molecule has 0 N–H and O–H groups in total. The zero-order valence-electron chi connectivity index (χ0n) is 58.3. The molecule has 0 radical (unpaired) electrons. The highest BCUT2D eigenvalue weighted by Gasteiger charge is 2.37. The predicted molar refractivity (Wildman–Crippen MR) is 430 cm³/mol. The van der Waals surface area contributed by atoms with E-state index in [0.29, 0.717) is 0 Å². The number of nitrogens with zero attached hydrogens (tertiary/aromatic N) is 4. The van der Waals surface area contributed by atoms with Gasteiger partial charge in [-0.1, -0.05) is 159 Å². The molecule has 498 valence electrons. The topological polar surface area (TPSA) is 49.9 Å². The van der Waals surface area contributed by atoms with Crippen LogP contribution in [0.5, 0.6) is 23.0 Å². The lowest BCUT2D eigenvalue weighted by molar-refractivity contribution is 0.414. The second kappa shape index (κ2) is 26.6. The molecular weight excluding hydrogens is 1260 g/mol. The second-order valence-electron chi connectivity index (χ2n) is 26.9. The van der Waals surface area contributed by atoms with Crippen LogP contribution in [0.25, 0.3) is 76.5 Å². The zero-order valence-corrected chi connectivity index (χ0v) is 58.3. The maximum Gasteiger partial charge on any atom is 0.119 e. The number of ether oxygens (including phenoxy) is 4. The highest BCUT2D eigenvalue weighted by atomic mass is 16.5. The van der Waals surface area contributed by atoms with Crippen molar-refractivity contribution in [2.75, 3.05) is 48.0 Å². The molecular formula is C95H74N4O4. The SMILES string of the molecule is COc1ccc(N(c2cc(-c3ccc4c(c3)C(C)(C)c3cc(-c5cc(N(c6ccc(OC)cc6)c6ccc7ccccc7c6)cc(N(c6ccc(OC)cc6)c6ccc7ccccc7c6)c5)ccc3-4)cc(N(c3ccc(OC)cc3)c3ccc4ccccc4c3)c2)c2ccc3ccccc3c2)cc1. The molecule has 0 amide bonds. The van der Waals surface area contributed by atoms with Gasteiger partial charge >= 0.3 is 0 Å². The molecule has 0 aromatic heterocycles. The van der Waals surface area contributed by atoms with Gasteiger partial charge in [-0.2, -0.15) is 0 Å². The van der Waals surface area contributed by atoms with E-state index in [0.717, 1.165) is 135 Å². The molecule has 0 bridgehead atoms. The summed E-state index contributed by atoms with van der Waals surface area (Å²) < 4.78 is 23.1. The molecule has 0 fully saturated rings. The van der Waals surface area contributed by atoms with Crippen LogP contribution in [0.2, 0.25) is 0 Å². The Kier molecular flexibility index (Phi) is 16.4. The van der Waals surface area contributed by atoms with E-state index in [2.05, 4.69) is 325 Å². The fraction of sp³-hybridized carbons (Fsp3) is 0.0737. The van der Waals surface area contributed by atoms with Crippen molar-refractivity contribution >= 4 is 111 Å². The summed E-state index contributed by atoms with van der Waals surface area (Å²) in [6.07, 6.45) is 0. The fourth-order valence-corrected chi connectivity index (χ4v) is 15.1. The average Bonchev–Trinajstić information content (AvgIpc) is 1.61. The summed E-state index contributed by atoms with van der Waals surface area (Å²) in [6, 6.07) is 123. The molecule has 0 heterocycles. The fourth-order valence-electron chi connectivity index (χ4n) is 15.1. The first-order chi connectivity index (χ1) is 50.5. The molecule has 0 spiro atoms. The largest absolute Gasteiger partial charge is 0.497 e. The summed E-state index contributed by atoms with van der Waals surface area (Å²) >= 11 is 0. The first kappa shape index (κ1) is 63.4. The standard InChI is InChI=1S/C95H74N4O4/c1-95(2)93-59-71(73-55-83(96(75-33-41-87(100-3)42-34-75)79-29-23-63-15-7-11-19-67(63)51-79)61-84(56-73)97(76-35-43-88(101-4)44-36-76)80-30-24-64-16-8-12-20-68(64)52-80)27-49-91(93)92-50-28-72(60-94(92)95)74-57-85(98(77-37-45-89(102-5)46-38-77)81-31-25-65-17-9-13-21-69(65)53-81)62-86(58-74)99(78-39-47-90(103-6)48-40-78)82-32-26-66-18-10-14-22-70(66)54-82/h7-62H,1-6H3. The van der Waals surface area contributed by atoms with Gasteiger partial charge in [0.25, 0.3) is 0 Å². The van der Waals surface area contributed by atoms with Crippen LogP contribution in [-0.4, -0.2) is 28.4 Å². The Labute approximate surface area is 601 Å². The molecule has 1 aliphatic carbocycles. The van der Waals surface area contributed by atoms with Crippen LogP contribution < -0.4 is 38.5 Å². The van der Waals surface area contributed by atoms with Gasteiger partial charge in [0, 0.05) is 73.7 Å². The first-order valence-corrected chi connectivity index (χ1v) is 34.9. The van der Waals surface area contributed by atoms with Crippen molar-refractivity contribution in [3.8, 4) is 56.4 Å². The molecule has 8 heteroatoms. The van der Waals surface area contributed by atoms with E-state index in [4.69, 9.17) is 18.9 Å². The number of hydrogen-bond acceptors (Lipinski definition) is 8. The van der Waals surface area contributed by atoms with Gasteiger partial charge in [-0.05, 0) is 282 Å². The van der Waals surface area contributed by atoms with Crippen molar-refractivity contribution < 1.29 is 18.9 Å². The van der Waals surface area contributed by atoms with Crippen LogP contribution in [0.3, 0.4) is 0 Å². The van der Waals surface area contributed by atoms with Crippen LogP contribution >= 0.6 is 0 Å². The summed E-state index contributed by atoms with van der Waals surface area (Å²) in [4.78, 5) is 9.49. The van der Waals surface area contributed by atoms with Crippen molar-refractivity contribution in [1.82, 2.24) is 0 Å². The minimum Gasteiger partial charge on any atom is -0.497 e. The monoisotopic (exact) mass is 1330 g/mol. The maximum atomic E-state index is 5.77. The molecule has 0 saturated heterocycles. The summed E-state index contributed by atoms with van der Waals surface area (Å²) in [5.74, 6) is 3.14. The Morgan fingerprint density at radius 3 is 0.670 bits per heavy atom. The summed E-state index contributed by atoms with van der Waals surface area (Å²) in [5, 5.41) is 9.28. The number of anilines is 12. The first-order valence-electron chi connectivity index (χ1n) is 34.9. The summed E-state index contributed by atoms with van der Waals surface area (Å²) in [5.41, 5.74) is 20.8. The zero-order chi connectivity index (χ0) is 69.7. The van der Waals surface area contributed by atoms with Crippen molar-refractivity contribution in [1.29, 1.82) is 0 Å². The summed E-state index contributed by atoms with van der Waals surface area (Å²) in [6.45, 7) is 4.78. The lowest BCUT2D eigenvalue weighted by Gasteiger charge is -2.31. The van der Waals surface area contributed by atoms with Crippen molar-refractivity contribution in [2.45, 2.75) is 19.3 Å². The Morgan fingerprint density at radius 2 is 0.427 bits per heavy atom. The lowest BCUT2D eigenvalue weighted by Crippen LogP contribution is -2.15.